The Kier molecular flexibility index (Phi) is 5.07. The van der Waals surface area contributed by atoms with Crippen molar-refractivity contribution in [1.82, 2.24) is 24.7 Å². The van der Waals surface area contributed by atoms with E-state index < -0.39 is 0 Å². The lowest BCUT2D eigenvalue weighted by atomic mass is 10.2. The van der Waals surface area contributed by atoms with Gasteiger partial charge in [-0.05, 0) is 42.0 Å². The lowest BCUT2D eigenvalue weighted by molar-refractivity contribution is 0.102. The van der Waals surface area contributed by atoms with Crippen LogP contribution in [0.15, 0.2) is 78.7 Å². The quantitative estimate of drug-likeness (QED) is 0.423. The summed E-state index contributed by atoms with van der Waals surface area (Å²) in [5.74, 6) is 0.426. The average molecular weight is 427 g/mol. The molecule has 0 saturated heterocycles. The van der Waals surface area contributed by atoms with Crippen molar-refractivity contribution >= 4 is 39.2 Å². The molecule has 0 aliphatic rings. The Labute approximate surface area is 181 Å². The van der Waals surface area contributed by atoms with Gasteiger partial charge < -0.3 is 5.32 Å². The second-order valence-corrected chi connectivity index (χ2v) is 7.59. The normalized spacial score (nSPS) is 10.8. The number of nitrogens with zero attached hydrogens (tertiary/aromatic N) is 5. The van der Waals surface area contributed by atoms with Gasteiger partial charge in [-0.1, -0.05) is 35.6 Å². The molecule has 0 bridgehead atoms. The van der Waals surface area contributed by atoms with Crippen LogP contribution in [0.2, 0.25) is 0 Å². The third-order valence-corrected chi connectivity index (χ3v) is 5.35. The second-order valence-electron chi connectivity index (χ2n) is 6.75. The van der Waals surface area contributed by atoms with Crippen molar-refractivity contribution in [3.05, 3.63) is 89.8 Å². The molecule has 0 saturated carbocycles. The van der Waals surface area contributed by atoms with Crippen molar-refractivity contribution < 1.29 is 4.79 Å². The maximum absolute atomic E-state index is 12.2. The first-order valence-corrected chi connectivity index (χ1v) is 10.4. The molecule has 0 fully saturated rings. The highest BCUT2D eigenvalue weighted by Crippen LogP contribution is 2.19. The van der Waals surface area contributed by atoms with Crippen LogP contribution in [-0.2, 0) is 6.54 Å². The number of pyridine rings is 1. The van der Waals surface area contributed by atoms with Crippen LogP contribution < -0.4 is 10.6 Å². The van der Waals surface area contributed by atoms with Gasteiger partial charge in [-0.2, -0.15) is 0 Å². The Bertz CT molecular complexity index is 1310. The van der Waals surface area contributed by atoms with Gasteiger partial charge >= 0.3 is 0 Å². The van der Waals surface area contributed by atoms with E-state index in [-0.39, 0.29) is 5.91 Å². The summed E-state index contributed by atoms with van der Waals surface area (Å²) in [5.41, 5.74) is 6.24. The van der Waals surface area contributed by atoms with Crippen LogP contribution in [-0.4, -0.2) is 30.6 Å². The number of hydrogen-bond donors (Lipinski definition) is 2. The smallest absolute Gasteiger partial charge is 0.259 e. The monoisotopic (exact) mass is 427 g/mol. The van der Waals surface area contributed by atoms with Crippen LogP contribution in [0.3, 0.4) is 0 Å². The summed E-state index contributed by atoms with van der Waals surface area (Å²) in [4.78, 5) is 20.9. The Morgan fingerprint density at radius 1 is 1.00 bits per heavy atom. The van der Waals surface area contributed by atoms with E-state index in [2.05, 4.69) is 65.7 Å². The second kappa shape index (κ2) is 8.33. The first kappa shape index (κ1) is 18.9. The zero-order valence-electron chi connectivity index (χ0n) is 16.3. The van der Waals surface area contributed by atoms with Crippen LogP contribution >= 0.6 is 11.3 Å². The summed E-state index contributed by atoms with van der Waals surface area (Å²) in [6.45, 7) is 0.619. The number of imidazole rings is 1. The zero-order valence-corrected chi connectivity index (χ0v) is 17.1. The molecule has 0 spiro atoms. The lowest BCUT2D eigenvalue weighted by Crippen LogP contribution is -2.12. The Balaban J connectivity index is 1.21. The first-order valence-electron chi connectivity index (χ1n) is 9.55. The average Bonchev–Trinajstić information content (AvgIpc) is 3.48. The van der Waals surface area contributed by atoms with E-state index in [9.17, 15) is 4.79 Å². The number of para-hydroxylation sites is 2. The molecule has 0 atom stereocenters. The molecule has 3 heterocycles. The van der Waals surface area contributed by atoms with Crippen molar-refractivity contribution in [2.24, 2.45) is 0 Å². The summed E-state index contributed by atoms with van der Waals surface area (Å²) in [6, 6.07) is 19.8. The molecule has 9 heteroatoms. The number of carbonyl (C=O) groups excluding carboxylic acids is 1. The maximum Gasteiger partial charge on any atom is 0.259 e. The van der Waals surface area contributed by atoms with Crippen molar-refractivity contribution in [1.29, 1.82) is 0 Å². The Morgan fingerprint density at radius 3 is 2.65 bits per heavy atom. The van der Waals surface area contributed by atoms with E-state index in [1.54, 1.807) is 17.6 Å². The van der Waals surface area contributed by atoms with E-state index in [4.69, 9.17) is 0 Å². The van der Waals surface area contributed by atoms with Crippen LogP contribution in [0.25, 0.3) is 16.7 Å². The molecule has 0 aliphatic carbocycles. The van der Waals surface area contributed by atoms with E-state index in [0.29, 0.717) is 23.1 Å². The molecular weight excluding hydrogens is 410 g/mol. The maximum atomic E-state index is 12.2. The molecule has 31 heavy (non-hydrogen) atoms. The van der Waals surface area contributed by atoms with E-state index in [0.717, 1.165) is 22.3 Å². The van der Waals surface area contributed by atoms with Crippen LogP contribution in [0.5, 0.6) is 0 Å². The summed E-state index contributed by atoms with van der Waals surface area (Å²) < 4.78 is 2.07. The zero-order chi connectivity index (χ0) is 21.0. The van der Waals surface area contributed by atoms with Crippen LogP contribution in [0.4, 0.5) is 10.9 Å². The lowest BCUT2D eigenvalue weighted by Gasteiger charge is -2.09. The summed E-state index contributed by atoms with van der Waals surface area (Å²) in [5, 5.41) is 13.9. The minimum Gasteiger partial charge on any atom is -0.366 e. The molecule has 2 aromatic carbocycles. The predicted molar refractivity (Wildman–Crippen MR) is 120 cm³/mol. The third kappa shape index (κ3) is 4.12. The fourth-order valence-corrected chi connectivity index (χ4v) is 3.60. The van der Waals surface area contributed by atoms with Crippen molar-refractivity contribution in [3.8, 4) is 5.69 Å². The van der Waals surface area contributed by atoms with E-state index >= 15 is 0 Å². The number of aromatic nitrogens is 5. The molecule has 1 amide bonds. The van der Waals surface area contributed by atoms with Crippen molar-refractivity contribution in [2.75, 3.05) is 10.6 Å². The number of benzene rings is 2. The highest BCUT2D eigenvalue weighted by atomic mass is 32.1. The summed E-state index contributed by atoms with van der Waals surface area (Å²) >= 11 is 1.26. The van der Waals surface area contributed by atoms with Gasteiger partial charge in [0.1, 0.15) is 17.7 Å². The van der Waals surface area contributed by atoms with Gasteiger partial charge in [0, 0.05) is 18.4 Å². The minimum atomic E-state index is -0.265. The number of hydrogen-bond acceptors (Lipinski definition) is 7. The van der Waals surface area contributed by atoms with Gasteiger partial charge in [-0.25, -0.2) is 9.97 Å². The SMILES string of the molecule is O=C(Nc1nncs1)c1ccc(NCc2ccc(-n3cnc4ccccc43)cc2)nc1. The largest absolute Gasteiger partial charge is 0.366 e. The highest BCUT2D eigenvalue weighted by Gasteiger charge is 2.09. The summed E-state index contributed by atoms with van der Waals surface area (Å²) in [6.07, 6.45) is 3.37. The van der Waals surface area contributed by atoms with Gasteiger partial charge in [0.25, 0.3) is 5.91 Å². The number of rotatable bonds is 6. The fourth-order valence-electron chi connectivity index (χ4n) is 3.16. The number of nitrogens with one attached hydrogen (secondary N) is 2. The number of carbonyl (C=O) groups is 1. The number of anilines is 2. The molecule has 0 radical (unpaired) electrons. The van der Waals surface area contributed by atoms with E-state index in [1.165, 1.54) is 17.5 Å². The van der Waals surface area contributed by atoms with Gasteiger partial charge in [0.05, 0.1) is 16.6 Å². The summed E-state index contributed by atoms with van der Waals surface area (Å²) in [7, 11) is 0. The fraction of sp³-hybridized carbons (Fsp3) is 0.0455. The highest BCUT2D eigenvalue weighted by molar-refractivity contribution is 7.13. The molecule has 3 aromatic heterocycles. The first-order chi connectivity index (χ1) is 15.3. The molecule has 5 rings (SSSR count). The molecule has 5 aromatic rings. The number of fused-ring (bicyclic) bond motifs is 1. The van der Waals surface area contributed by atoms with Crippen molar-refractivity contribution in [3.63, 3.8) is 0 Å². The van der Waals surface area contributed by atoms with Crippen LogP contribution in [0.1, 0.15) is 15.9 Å². The molecule has 0 aliphatic heterocycles. The topological polar surface area (TPSA) is 97.6 Å². The van der Waals surface area contributed by atoms with Gasteiger partial charge in [0.15, 0.2) is 0 Å². The molecule has 0 unspecified atom stereocenters. The minimum absolute atomic E-state index is 0.265. The molecule has 2 N–H and O–H groups in total. The Hall–Kier alpha value is -4.11. The van der Waals surface area contributed by atoms with E-state index in [1.807, 2.05) is 24.5 Å². The number of amides is 1. The molecular formula is C22H17N7OS. The Morgan fingerprint density at radius 2 is 1.87 bits per heavy atom. The van der Waals surface area contributed by atoms with Crippen molar-refractivity contribution in [2.45, 2.75) is 6.54 Å². The van der Waals surface area contributed by atoms with Gasteiger partial charge in [0.2, 0.25) is 5.13 Å². The predicted octanol–water partition coefficient (Wildman–Crippen LogP) is 4.14. The van der Waals surface area contributed by atoms with Gasteiger partial charge in [-0.15, -0.1) is 10.2 Å². The standard InChI is InChI=1S/C22H17N7OS/c30-21(27-22-28-26-14-31-22)16-7-10-20(24-12-16)23-11-15-5-8-17(9-6-15)29-13-25-18-3-1-2-4-19(18)29/h1-10,12-14H,11H2,(H,23,24)(H,27,28,30). The molecule has 8 nitrogen and oxygen atoms in total. The van der Waals surface area contributed by atoms with Crippen LogP contribution in [0, 0.1) is 0 Å². The molecule has 152 valence electrons. The third-order valence-electron chi connectivity index (χ3n) is 4.75. The van der Waals surface area contributed by atoms with Gasteiger partial charge in [-0.3, -0.25) is 14.7 Å².